The second kappa shape index (κ2) is 8.79. The van der Waals surface area contributed by atoms with E-state index in [1.807, 2.05) is 0 Å². The maximum atomic E-state index is 14.2. The van der Waals surface area contributed by atoms with Gasteiger partial charge in [-0.1, -0.05) is 32.0 Å². The van der Waals surface area contributed by atoms with E-state index in [0.717, 1.165) is 0 Å². The number of hydrogen-bond acceptors (Lipinski definition) is 10. The fourth-order valence-corrected chi connectivity index (χ4v) is 7.45. The minimum absolute atomic E-state index is 0.0881. The molecule has 0 spiro atoms. The second-order valence-electron chi connectivity index (χ2n) is 12.0. The lowest BCUT2D eigenvalue weighted by atomic mass is 9.45. The van der Waals surface area contributed by atoms with Crippen molar-refractivity contribution >= 4 is 23.5 Å². The lowest BCUT2D eigenvalue weighted by molar-refractivity contribution is -0.343. The van der Waals surface area contributed by atoms with Crippen LogP contribution in [0.1, 0.15) is 57.8 Å². The summed E-state index contributed by atoms with van der Waals surface area (Å²) in [7, 11) is 0. The minimum atomic E-state index is -2.13. The molecular weight excluding hydrogens is 508 g/mol. The third-order valence-electron chi connectivity index (χ3n) is 9.74. The van der Waals surface area contributed by atoms with Gasteiger partial charge in [0.05, 0.1) is 35.7 Å². The van der Waals surface area contributed by atoms with Gasteiger partial charge in [0.1, 0.15) is 17.8 Å². The normalized spacial score (nSPS) is 40.9. The topological polar surface area (TPSA) is 157 Å². The highest BCUT2D eigenvalue weighted by Gasteiger charge is 2.78. The standard InChI is InChI=1S/C29H34O10/c1-14-17(31)12-29(36)24(38-25(35)16-9-7-6-8-10-16)22-27(5,23(34)21(33)20(14)26(29,3)4)18(32)11-19-28(22,13-37-19)39-15(2)30/h6-10,17-19,22,24,31-32,36H,11-13H2,1-5H3/t17?,18-,19+,22-,24-,27+,28-,29+/m0/s1. The average molecular weight is 543 g/mol. The van der Waals surface area contributed by atoms with E-state index >= 15 is 0 Å². The molecule has 210 valence electrons. The number of carbonyl (C=O) groups is 4. The molecule has 1 unspecified atom stereocenters. The smallest absolute Gasteiger partial charge is 0.338 e. The van der Waals surface area contributed by atoms with Crippen LogP contribution in [0, 0.1) is 16.7 Å². The van der Waals surface area contributed by atoms with E-state index in [4.69, 9.17) is 14.2 Å². The Hall–Kier alpha value is -2.92. The molecule has 3 aliphatic carbocycles. The molecule has 39 heavy (non-hydrogen) atoms. The van der Waals surface area contributed by atoms with E-state index in [1.165, 1.54) is 32.9 Å². The predicted molar refractivity (Wildman–Crippen MR) is 134 cm³/mol. The number of esters is 2. The third kappa shape index (κ3) is 3.54. The van der Waals surface area contributed by atoms with Crippen LogP contribution in [0.5, 0.6) is 0 Å². The first-order valence-electron chi connectivity index (χ1n) is 13.1. The molecule has 0 radical (unpaired) electrons. The fraction of sp³-hybridized carbons (Fsp3) is 0.586. The van der Waals surface area contributed by atoms with Crippen molar-refractivity contribution in [3.05, 3.63) is 47.0 Å². The molecule has 8 atom stereocenters. The maximum Gasteiger partial charge on any atom is 0.338 e. The molecule has 1 saturated heterocycles. The lowest BCUT2D eigenvalue weighted by Gasteiger charge is -2.66. The molecule has 4 aliphatic rings. The molecule has 0 amide bonds. The summed E-state index contributed by atoms with van der Waals surface area (Å²) in [5.74, 6) is -4.86. The molecule has 2 saturated carbocycles. The van der Waals surface area contributed by atoms with Gasteiger partial charge in [0, 0.05) is 30.8 Å². The van der Waals surface area contributed by atoms with Crippen molar-refractivity contribution in [1.29, 1.82) is 0 Å². The molecule has 3 N–H and O–H groups in total. The largest absolute Gasteiger partial charge is 0.455 e. The van der Waals surface area contributed by atoms with E-state index in [-0.39, 0.29) is 36.2 Å². The van der Waals surface area contributed by atoms with E-state index in [0.29, 0.717) is 0 Å². The molecule has 2 bridgehead atoms. The Morgan fingerprint density at radius 2 is 1.72 bits per heavy atom. The third-order valence-corrected chi connectivity index (χ3v) is 9.74. The van der Waals surface area contributed by atoms with Crippen molar-refractivity contribution in [2.24, 2.45) is 16.7 Å². The summed E-state index contributed by atoms with van der Waals surface area (Å²) in [6, 6.07) is 8.02. The highest BCUT2D eigenvalue weighted by Crippen LogP contribution is 2.63. The molecule has 10 nitrogen and oxygen atoms in total. The molecule has 1 aliphatic heterocycles. The molecule has 1 aromatic rings. The molecular formula is C29H34O10. The minimum Gasteiger partial charge on any atom is -0.455 e. The van der Waals surface area contributed by atoms with Crippen LogP contribution in [-0.2, 0) is 28.6 Å². The summed E-state index contributed by atoms with van der Waals surface area (Å²) < 4.78 is 17.6. The number of carbonyl (C=O) groups excluding carboxylic acids is 4. The number of ketones is 2. The number of hydrogen-bond donors (Lipinski definition) is 3. The zero-order valence-electron chi connectivity index (χ0n) is 22.6. The Balaban J connectivity index is 1.82. The number of fused-ring (bicyclic) bond motifs is 5. The van der Waals surface area contributed by atoms with Gasteiger partial charge >= 0.3 is 11.9 Å². The van der Waals surface area contributed by atoms with E-state index < -0.39 is 75.9 Å². The maximum absolute atomic E-state index is 14.2. The predicted octanol–water partition coefficient (Wildman–Crippen LogP) is 1.29. The van der Waals surface area contributed by atoms with Crippen molar-refractivity contribution in [2.75, 3.05) is 6.61 Å². The van der Waals surface area contributed by atoms with Crippen LogP contribution in [-0.4, -0.2) is 81.0 Å². The summed E-state index contributed by atoms with van der Waals surface area (Å²) in [4.78, 5) is 54.1. The van der Waals surface area contributed by atoms with Crippen LogP contribution in [0.25, 0.3) is 0 Å². The molecule has 1 heterocycles. The van der Waals surface area contributed by atoms with Gasteiger partial charge in [-0.2, -0.15) is 0 Å². The highest BCUT2D eigenvalue weighted by atomic mass is 16.6. The Morgan fingerprint density at radius 3 is 2.28 bits per heavy atom. The van der Waals surface area contributed by atoms with Crippen LogP contribution >= 0.6 is 0 Å². The second-order valence-corrected chi connectivity index (χ2v) is 12.0. The van der Waals surface area contributed by atoms with Gasteiger partial charge in [-0.15, -0.1) is 0 Å². The van der Waals surface area contributed by atoms with Crippen LogP contribution in [0.3, 0.4) is 0 Å². The van der Waals surface area contributed by atoms with Gasteiger partial charge in [0.15, 0.2) is 5.60 Å². The summed E-state index contributed by atoms with van der Waals surface area (Å²) in [6.45, 7) is 7.00. The van der Waals surface area contributed by atoms with Crippen molar-refractivity contribution < 1.29 is 48.7 Å². The van der Waals surface area contributed by atoms with E-state index in [9.17, 15) is 34.5 Å². The van der Waals surface area contributed by atoms with Gasteiger partial charge in [-0.3, -0.25) is 14.4 Å². The van der Waals surface area contributed by atoms with Crippen molar-refractivity contribution in [2.45, 2.75) is 83.1 Å². The average Bonchev–Trinajstić information content (AvgIpc) is 2.87. The van der Waals surface area contributed by atoms with Crippen LogP contribution in [0.15, 0.2) is 41.5 Å². The Kier molecular flexibility index (Phi) is 6.23. The van der Waals surface area contributed by atoms with E-state index in [1.54, 1.807) is 32.0 Å². The molecule has 5 rings (SSSR count). The number of aliphatic hydroxyl groups excluding tert-OH is 2. The first kappa shape index (κ1) is 27.6. The quantitative estimate of drug-likeness (QED) is 0.376. The highest BCUT2D eigenvalue weighted by molar-refractivity contribution is 6.46. The van der Waals surface area contributed by atoms with Gasteiger partial charge in [-0.05, 0) is 31.6 Å². The Morgan fingerprint density at radius 1 is 1.08 bits per heavy atom. The van der Waals surface area contributed by atoms with Crippen molar-refractivity contribution in [3.8, 4) is 0 Å². The fourth-order valence-electron chi connectivity index (χ4n) is 7.45. The van der Waals surface area contributed by atoms with Crippen LogP contribution in [0.2, 0.25) is 0 Å². The van der Waals surface area contributed by atoms with Crippen LogP contribution in [0.4, 0.5) is 0 Å². The first-order valence-corrected chi connectivity index (χ1v) is 13.1. The van der Waals surface area contributed by atoms with Crippen molar-refractivity contribution in [1.82, 2.24) is 0 Å². The molecule has 1 aromatic carbocycles. The number of aliphatic hydroxyl groups is 3. The summed E-state index contributed by atoms with van der Waals surface area (Å²) in [5, 5.41) is 35.1. The zero-order chi connectivity index (χ0) is 28.7. The van der Waals surface area contributed by atoms with Crippen LogP contribution < -0.4 is 0 Å². The monoisotopic (exact) mass is 542 g/mol. The SMILES string of the molecule is CC(=O)O[C@@]12CO[C@@H]1C[C@H](O)[C@@]1(C)C(=O)C(=O)C3=C(C)C(O)C[C@@](O)([C@@H](OC(=O)c4ccccc4)[C@H]21)C3(C)C. The van der Waals surface area contributed by atoms with E-state index in [2.05, 4.69) is 0 Å². The zero-order valence-corrected chi connectivity index (χ0v) is 22.6. The van der Waals surface area contributed by atoms with Gasteiger partial charge in [0.2, 0.25) is 11.6 Å². The van der Waals surface area contributed by atoms with Gasteiger partial charge < -0.3 is 29.5 Å². The van der Waals surface area contributed by atoms with Gasteiger partial charge in [-0.25, -0.2) is 4.79 Å². The number of ether oxygens (including phenoxy) is 3. The molecule has 10 heteroatoms. The number of rotatable bonds is 3. The van der Waals surface area contributed by atoms with Crippen molar-refractivity contribution in [3.63, 3.8) is 0 Å². The molecule has 0 aromatic heterocycles. The number of benzene rings is 1. The molecule has 3 fully saturated rings. The van der Waals surface area contributed by atoms with Gasteiger partial charge in [0.25, 0.3) is 0 Å². The number of Topliss-reactive ketones (excluding diaryl/α,β-unsaturated/α-hetero) is 2. The first-order chi connectivity index (χ1) is 18.1. The Labute approximate surface area is 225 Å². The summed E-state index contributed by atoms with van der Waals surface area (Å²) in [5.41, 5.74) is -6.86. The lowest BCUT2D eigenvalue weighted by Crippen LogP contribution is -2.81. The Bertz CT molecular complexity index is 1280. The summed E-state index contributed by atoms with van der Waals surface area (Å²) in [6.07, 6.45) is -5.74. The summed E-state index contributed by atoms with van der Waals surface area (Å²) >= 11 is 0.